The van der Waals surface area contributed by atoms with E-state index in [1.165, 1.54) is 24.4 Å². The molecule has 34 heavy (non-hydrogen) atoms. The Hall–Kier alpha value is -4.17. The second-order valence-electron chi connectivity index (χ2n) is 7.65. The van der Waals surface area contributed by atoms with E-state index in [1.54, 1.807) is 30.5 Å². The highest BCUT2D eigenvalue weighted by molar-refractivity contribution is 6.30. The van der Waals surface area contributed by atoms with Gasteiger partial charge in [-0.2, -0.15) is 0 Å². The molecule has 0 unspecified atom stereocenters. The molecule has 1 aliphatic heterocycles. The van der Waals surface area contributed by atoms with Gasteiger partial charge in [0.15, 0.2) is 5.82 Å². The number of hydrogen-bond donors (Lipinski definition) is 2. The topological polar surface area (TPSA) is 100 Å². The van der Waals surface area contributed by atoms with Gasteiger partial charge >= 0.3 is 5.97 Å². The van der Waals surface area contributed by atoms with Crippen molar-refractivity contribution in [3.8, 4) is 11.3 Å². The summed E-state index contributed by atoms with van der Waals surface area (Å²) in [6.07, 6.45) is 3.55. The number of carboxylic acid groups (broad SMARTS) is 1. The Morgan fingerprint density at radius 3 is 2.62 bits per heavy atom. The maximum absolute atomic E-state index is 14.5. The Morgan fingerprint density at radius 1 is 1.03 bits per heavy atom. The number of rotatable bonds is 4. The minimum absolute atomic E-state index is 0.188. The lowest BCUT2D eigenvalue weighted by Crippen LogP contribution is -2.14. The van der Waals surface area contributed by atoms with Gasteiger partial charge in [0.2, 0.25) is 5.95 Å². The van der Waals surface area contributed by atoms with E-state index >= 15 is 0 Å². The van der Waals surface area contributed by atoms with Crippen LogP contribution >= 0.6 is 11.6 Å². The summed E-state index contributed by atoms with van der Waals surface area (Å²) in [4.78, 5) is 29.0. The molecule has 9 heteroatoms. The van der Waals surface area contributed by atoms with Gasteiger partial charge in [0, 0.05) is 40.7 Å². The largest absolute Gasteiger partial charge is 0.478 e. The first-order chi connectivity index (χ1) is 16.5. The molecule has 2 aromatic carbocycles. The summed E-state index contributed by atoms with van der Waals surface area (Å²) in [5, 5.41) is 12.7. The van der Waals surface area contributed by atoms with Crippen molar-refractivity contribution in [1.82, 2.24) is 15.0 Å². The molecular formula is C25H17ClFN5O2. The van der Waals surface area contributed by atoms with Crippen molar-refractivity contribution in [2.75, 3.05) is 5.32 Å². The van der Waals surface area contributed by atoms with Crippen molar-refractivity contribution < 1.29 is 14.3 Å². The van der Waals surface area contributed by atoms with Crippen LogP contribution in [0.4, 0.5) is 16.0 Å². The second-order valence-corrected chi connectivity index (χ2v) is 8.09. The molecule has 0 amide bonds. The molecule has 0 radical (unpaired) electrons. The molecule has 0 saturated heterocycles. The highest BCUT2D eigenvalue weighted by atomic mass is 35.5. The summed E-state index contributed by atoms with van der Waals surface area (Å²) in [6, 6.07) is 14.7. The highest BCUT2D eigenvalue weighted by Gasteiger charge is 2.21. The predicted octanol–water partition coefficient (Wildman–Crippen LogP) is 5.32. The van der Waals surface area contributed by atoms with Gasteiger partial charge in [-0.1, -0.05) is 17.7 Å². The molecule has 2 N–H and O–H groups in total. The van der Waals surface area contributed by atoms with Crippen molar-refractivity contribution in [2.24, 2.45) is 4.99 Å². The van der Waals surface area contributed by atoms with Gasteiger partial charge < -0.3 is 10.4 Å². The van der Waals surface area contributed by atoms with E-state index in [2.05, 4.69) is 20.3 Å². The van der Waals surface area contributed by atoms with Crippen molar-refractivity contribution >= 4 is 34.9 Å². The SMILES string of the molecule is O=C(O)c1ccc(Nc2ncc3c(n2)-c2ccc(Cl)cc2CC(c2ncccc2F)=NC3)cc1. The van der Waals surface area contributed by atoms with Gasteiger partial charge in [0.1, 0.15) is 5.69 Å². The minimum Gasteiger partial charge on any atom is -0.478 e. The van der Waals surface area contributed by atoms with Gasteiger partial charge in [-0.25, -0.2) is 19.2 Å². The van der Waals surface area contributed by atoms with Crippen LogP contribution in [0.25, 0.3) is 11.3 Å². The van der Waals surface area contributed by atoms with Crippen LogP contribution < -0.4 is 5.32 Å². The van der Waals surface area contributed by atoms with Crippen molar-refractivity contribution in [3.05, 3.63) is 100 Å². The average molecular weight is 474 g/mol. The fourth-order valence-corrected chi connectivity index (χ4v) is 3.95. The number of pyridine rings is 1. The fraction of sp³-hybridized carbons (Fsp3) is 0.0800. The van der Waals surface area contributed by atoms with Crippen LogP contribution in [0.5, 0.6) is 0 Å². The zero-order chi connectivity index (χ0) is 23.7. The summed E-state index contributed by atoms with van der Waals surface area (Å²) in [5.41, 5.74) is 4.71. The summed E-state index contributed by atoms with van der Waals surface area (Å²) in [7, 11) is 0. The molecule has 0 saturated carbocycles. The summed E-state index contributed by atoms with van der Waals surface area (Å²) < 4.78 is 14.5. The van der Waals surface area contributed by atoms with Crippen molar-refractivity contribution in [1.29, 1.82) is 0 Å². The number of aromatic nitrogens is 3. The molecule has 0 aliphatic carbocycles. The van der Waals surface area contributed by atoms with Gasteiger partial charge in [-0.05, 0) is 54.1 Å². The number of benzene rings is 2. The standard InChI is InChI=1S/C25H17ClFN5O2/c26-17-5-8-19-15(10-17)11-21(23-20(27)2-1-9-28-23)29-12-16-13-30-25(32-22(16)19)31-18-6-3-14(4-7-18)24(33)34/h1-10,13H,11-12H2,(H,33,34)(H,30,31,32). The third-order valence-corrected chi connectivity index (χ3v) is 5.64. The normalized spacial score (nSPS) is 12.6. The maximum Gasteiger partial charge on any atom is 0.335 e. The third-order valence-electron chi connectivity index (χ3n) is 5.40. The van der Waals surface area contributed by atoms with Gasteiger partial charge in [-0.3, -0.25) is 9.98 Å². The Labute approximate surface area is 199 Å². The lowest BCUT2D eigenvalue weighted by molar-refractivity contribution is 0.0697. The Kier molecular flexibility index (Phi) is 5.73. The molecule has 7 nitrogen and oxygen atoms in total. The predicted molar refractivity (Wildman–Crippen MR) is 127 cm³/mol. The smallest absolute Gasteiger partial charge is 0.335 e. The molecule has 1 aliphatic rings. The maximum atomic E-state index is 14.5. The van der Waals surface area contributed by atoms with E-state index in [0.717, 1.165) is 16.7 Å². The number of nitrogens with zero attached hydrogens (tertiary/aromatic N) is 4. The first-order valence-corrected chi connectivity index (χ1v) is 10.7. The van der Waals surface area contributed by atoms with Gasteiger partial charge in [-0.15, -0.1) is 0 Å². The molecule has 3 heterocycles. The Bertz CT molecular complexity index is 1440. The first-order valence-electron chi connectivity index (χ1n) is 10.4. The number of hydrogen-bond acceptors (Lipinski definition) is 6. The zero-order valence-electron chi connectivity index (χ0n) is 17.7. The molecule has 4 aromatic rings. The number of carboxylic acids is 1. The highest BCUT2D eigenvalue weighted by Crippen LogP contribution is 2.32. The summed E-state index contributed by atoms with van der Waals surface area (Å²) >= 11 is 6.28. The van der Waals surface area contributed by atoms with Crippen LogP contribution in [-0.4, -0.2) is 31.7 Å². The Balaban J connectivity index is 1.55. The third kappa shape index (κ3) is 4.35. The van der Waals surface area contributed by atoms with E-state index in [1.807, 2.05) is 12.1 Å². The summed E-state index contributed by atoms with van der Waals surface area (Å²) in [5.74, 6) is -1.08. The van der Waals surface area contributed by atoms with Gasteiger partial charge in [0.25, 0.3) is 0 Å². The van der Waals surface area contributed by atoms with Crippen LogP contribution in [0.15, 0.2) is 72.0 Å². The summed E-state index contributed by atoms with van der Waals surface area (Å²) in [6.45, 7) is 0.260. The number of carbonyl (C=O) groups is 1. The van der Waals surface area contributed by atoms with Crippen molar-refractivity contribution in [2.45, 2.75) is 13.0 Å². The van der Waals surface area contributed by atoms with Crippen LogP contribution in [-0.2, 0) is 13.0 Å². The van der Waals surface area contributed by atoms with Crippen molar-refractivity contribution in [3.63, 3.8) is 0 Å². The van der Waals surface area contributed by atoms with E-state index in [-0.39, 0.29) is 17.8 Å². The fourth-order valence-electron chi connectivity index (χ4n) is 3.75. The first kappa shape index (κ1) is 21.7. The van der Waals surface area contributed by atoms with Gasteiger partial charge in [0.05, 0.1) is 23.5 Å². The van der Waals surface area contributed by atoms with Crippen LogP contribution in [0.1, 0.15) is 27.2 Å². The molecule has 0 bridgehead atoms. The van der Waals surface area contributed by atoms with E-state index < -0.39 is 11.8 Å². The number of aliphatic imine (C=N–C) groups is 1. The van der Waals surface area contributed by atoms with Crippen LogP contribution in [0, 0.1) is 5.82 Å². The monoisotopic (exact) mass is 473 g/mol. The number of nitrogens with one attached hydrogen (secondary N) is 1. The average Bonchev–Trinajstić information content (AvgIpc) is 2.82. The van der Waals surface area contributed by atoms with Crippen LogP contribution in [0.2, 0.25) is 5.02 Å². The molecule has 0 atom stereocenters. The Morgan fingerprint density at radius 2 is 1.85 bits per heavy atom. The lowest BCUT2D eigenvalue weighted by Gasteiger charge is -2.18. The molecule has 5 rings (SSSR count). The number of aromatic carboxylic acids is 1. The minimum atomic E-state index is -0.996. The second kappa shape index (κ2) is 8.99. The van der Waals surface area contributed by atoms with Crippen LogP contribution in [0.3, 0.4) is 0 Å². The number of anilines is 2. The molecule has 2 aromatic heterocycles. The molecule has 0 spiro atoms. The van der Waals surface area contributed by atoms with E-state index in [9.17, 15) is 9.18 Å². The van der Waals surface area contributed by atoms with E-state index in [4.69, 9.17) is 21.7 Å². The molecule has 168 valence electrons. The quantitative estimate of drug-likeness (QED) is 0.416. The number of fused-ring (bicyclic) bond motifs is 3. The molecular weight excluding hydrogens is 457 g/mol. The molecule has 0 fully saturated rings. The zero-order valence-corrected chi connectivity index (χ0v) is 18.4. The van der Waals surface area contributed by atoms with E-state index in [0.29, 0.717) is 34.5 Å². The number of halogens is 2. The lowest BCUT2D eigenvalue weighted by atomic mass is 9.94.